The molecule has 6 nitrogen and oxygen atoms in total. The van der Waals surface area contributed by atoms with Crippen molar-refractivity contribution in [2.75, 3.05) is 11.8 Å². The smallest absolute Gasteiger partial charge is 0.339 e. The van der Waals surface area contributed by atoms with Gasteiger partial charge in [-0.2, -0.15) is 0 Å². The fourth-order valence-corrected chi connectivity index (χ4v) is 3.34. The van der Waals surface area contributed by atoms with Gasteiger partial charge in [0.05, 0.1) is 34.4 Å². The van der Waals surface area contributed by atoms with Crippen molar-refractivity contribution in [3.05, 3.63) is 53.1 Å². The molecule has 0 bridgehead atoms. The summed E-state index contributed by atoms with van der Waals surface area (Å²) in [6, 6.07) is 10.5. The summed E-state index contributed by atoms with van der Waals surface area (Å²) in [4.78, 5) is 11.6. The average Bonchev–Trinajstić information content (AvgIpc) is 2.55. The number of ether oxygens (including phenoxy) is 2. The zero-order valence-corrected chi connectivity index (χ0v) is 15.5. The lowest BCUT2D eigenvalue weighted by Crippen LogP contribution is -2.16. The molecule has 8 heteroatoms. The highest BCUT2D eigenvalue weighted by Crippen LogP contribution is 2.28. The van der Waals surface area contributed by atoms with Crippen molar-refractivity contribution in [1.82, 2.24) is 0 Å². The lowest BCUT2D eigenvalue weighted by molar-refractivity contribution is 0.0600. The highest BCUT2D eigenvalue weighted by molar-refractivity contribution is 7.92. The number of esters is 1. The molecule has 0 aliphatic carbocycles. The number of sulfonamides is 1. The van der Waals surface area contributed by atoms with Gasteiger partial charge < -0.3 is 9.47 Å². The molecule has 0 fully saturated rings. The first-order valence-electron chi connectivity index (χ1n) is 7.41. The van der Waals surface area contributed by atoms with Gasteiger partial charge >= 0.3 is 5.97 Å². The van der Waals surface area contributed by atoms with Crippen molar-refractivity contribution >= 4 is 33.3 Å². The third-order valence-corrected chi connectivity index (χ3v) is 4.84. The van der Waals surface area contributed by atoms with Crippen molar-refractivity contribution in [3.8, 4) is 5.75 Å². The number of anilines is 1. The average molecular weight is 384 g/mol. The molecule has 0 saturated carbocycles. The fourth-order valence-electron chi connectivity index (χ4n) is 2.05. The lowest BCUT2D eigenvalue weighted by atomic mass is 10.2. The molecule has 2 aromatic carbocycles. The third-order valence-electron chi connectivity index (χ3n) is 3.15. The maximum atomic E-state index is 12.7. The second kappa shape index (κ2) is 7.76. The van der Waals surface area contributed by atoms with Gasteiger partial charge in [-0.1, -0.05) is 23.7 Å². The lowest BCUT2D eigenvalue weighted by Gasteiger charge is -2.16. The Bertz CT molecular complexity index is 880. The predicted octanol–water partition coefficient (Wildman–Crippen LogP) is 3.71. The van der Waals surface area contributed by atoms with Gasteiger partial charge in [-0.25, -0.2) is 13.2 Å². The maximum Gasteiger partial charge on any atom is 0.339 e. The Balaban J connectivity index is 2.39. The molecule has 25 heavy (non-hydrogen) atoms. The molecule has 0 saturated heterocycles. The summed E-state index contributed by atoms with van der Waals surface area (Å²) in [5.74, 6) is -0.311. The van der Waals surface area contributed by atoms with Crippen LogP contribution in [0.1, 0.15) is 24.2 Å². The van der Waals surface area contributed by atoms with E-state index in [4.69, 9.17) is 16.3 Å². The minimum atomic E-state index is -3.95. The topological polar surface area (TPSA) is 81.7 Å². The van der Waals surface area contributed by atoms with E-state index in [2.05, 4.69) is 9.46 Å². The van der Waals surface area contributed by atoms with Gasteiger partial charge in [-0.05, 0) is 44.2 Å². The fraction of sp³-hybridized carbons (Fsp3) is 0.235. The van der Waals surface area contributed by atoms with E-state index in [1.165, 1.54) is 25.3 Å². The van der Waals surface area contributed by atoms with Crippen LogP contribution in [0.15, 0.2) is 47.4 Å². The summed E-state index contributed by atoms with van der Waals surface area (Å²) in [6.07, 6.45) is -0.118. The molecule has 0 aromatic heterocycles. The molecule has 0 amide bonds. The van der Waals surface area contributed by atoms with Crippen LogP contribution in [0.4, 0.5) is 5.69 Å². The molecule has 0 unspecified atom stereocenters. The summed E-state index contributed by atoms with van der Waals surface area (Å²) >= 11 is 5.93. The summed E-state index contributed by atoms with van der Waals surface area (Å²) in [5.41, 5.74) is 0.268. The molecule has 0 aliphatic rings. The van der Waals surface area contributed by atoms with Gasteiger partial charge in [0.1, 0.15) is 5.75 Å². The van der Waals surface area contributed by atoms with Crippen molar-refractivity contribution in [3.63, 3.8) is 0 Å². The normalized spacial score (nSPS) is 11.2. The predicted molar refractivity (Wildman–Crippen MR) is 95.8 cm³/mol. The van der Waals surface area contributed by atoms with Crippen LogP contribution in [0.2, 0.25) is 5.02 Å². The number of carbonyl (C=O) groups is 1. The second-order valence-electron chi connectivity index (χ2n) is 5.40. The number of carbonyl (C=O) groups excluding carboxylic acids is 1. The quantitative estimate of drug-likeness (QED) is 0.769. The molecule has 0 heterocycles. The van der Waals surface area contributed by atoms with E-state index in [9.17, 15) is 13.2 Å². The third kappa shape index (κ3) is 4.64. The maximum absolute atomic E-state index is 12.7. The van der Waals surface area contributed by atoms with Crippen LogP contribution in [0, 0.1) is 0 Å². The van der Waals surface area contributed by atoms with E-state index < -0.39 is 16.0 Å². The number of halogens is 1. The number of methoxy groups -OCH3 is 1. The zero-order chi connectivity index (χ0) is 18.6. The Morgan fingerprint density at radius 3 is 2.48 bits per heavy atom. The molecule has 2 rings (SSSR count). The van der Waals surface area contributed by atoms with E-state index in [1.807, 2.05) is 13.8 Å². The highest BCUT2D eigenvalue weighted by Gasteiger charge is 2.20. The van der Waals surface area contributed by atoms with Gasteiger partial charge in [0, 0.05) is 0 Å². The Kier molecular flexibility index (Phi) is 5.92. The summed E-state index contributed by atoms with van der Waals surface area (Å²) in [7, 11) is -2.76. The molecular weight excluding hydrogens is 366 g/mol. The SMILES string of the molecule is COC(=O)c1cc(S(=O)(=O)Nc2ccccc2OC(C)C)ccc1Cl. The Labute approximate surface area is 151 Å². The van der Waals surface area contributed by atoms with Crippen LogP contribution in [0.5, 0.6) is 5.75 Å². The molecule has 134 valence electrons. The van der Waals surface area contributed by atoms with Crippen LogP contribution in [-0.2, 0) is 14.8 Å². The molecule has 0 radical (unpaired) electrons. The molecule has 1 N–H and O–H groups in total. The highest BCUT2D eigenvalue weighted by atomic mass is 35.5. The number of hydrogen-bond donors (Lipinski definition) is 1. The summed E-state index contributed by atoms with van der Waals surface area (Å²) in [5, 5.41) is 0.106. The van der Waals surface area contributed by atoms with Crippen LogP contribution in [0.3, 0.4) is 0 Å². The van der Waals surface area contributed by atoms with Crippen LogP contribution in [-0.4, -0.2) is 27.6 Å². The van der Waals surface area contributed by atoms with E-state index in [-0.39, 0.29) is 21.6 Å². The van der Waals surface area contributed by atoms with Crippen molar-refractivity contribution in [2.45, 2.75) is 24.8 Å². The number of rotatable bonds is 6. The number of para-hydroxylation sites is 2. The first-order valence-corrected chi connectivity index (χ1v) is 9.27. The zero-order valence-electron chi connectivity index (χ0n) is 13.9. The van der Waals surface area contributed by atoms with Crippen LogP contribution < -0.4 is 9.46 Å². The number of hydrogen-bond acceptors (Lipinski definition) is 5. The molecule has 2 aromatic rings. The van der Waals surface area contributed by atoms with Gasteiger partial charge in [-0.3, -0.25) is 4.72 Å². The van der Waals surface area contributed by atoms with Crippen molar-refractivity contribution in [2.24, 2.45) is 0 Å². The van der Waals surface area contributed by atoms with E-state index in [1.54, 1.807) is 24.3 Å². The first-order chi connectivity index (χ1) is 11.7. The van der Waals surface area contributed by atoms with Gasteiger partial charge in [0.25, 0.3) is 10.0 Å². The Hall–Kier alpha value is -2.25. The second-order valence-corrected chi connectivity index (χ2v) is 7.49. The monoisotopic (exact) mass is 383 g/mol. The molecule has 0 atom stereocenters. The number of nitrogens with one attached hydrogen (secondary N) is 1. The Morgan fingerprint density at radius 2 is 1.84 bits per heavy atom. The van der Waals surface area contributed by atoms with E-state index in [0.717, 1.165) is 0 Å². The van der Waals surface area contributed by atoms with Crippen LogP contribution >= 0.6 is 11.6 Å². The van der Waals surface area contributed by atoms with Gasteiger partial charge in [0.15, 0.2) is 0 Å². The summed E-state index contributed by atoms with van der Waals surface area (Å²) < 4.78 is 38.0. The van der Waals surface area contributed by atoms with Gasteiger partial charge in [0.2, 0.25) is 0 Å². The van der Waals surface area contributed by atoms with Crippen molar-refractivity contribution in [1.29, 1.82) is 0 Å². The minimum absolute atomic E-state index is 0.0289. The van der Waals surface area contributed by atoms with Crippen molar-refractivity contribution < 1.29 is 22.7 Å². The van der Waals surface area contributed by atoms with E-state index in [0.29, 0.717) is 11.4 Å². The van der Waals surface area contributed by atoms with Crippen LogP contribution in [0.25, 0.3) is 0 Å². The molecule has 0 aliphatic heterocycles. The number of benzene rings is 2. The largest absolute Gasteiger partial charge is 0.489 e. The Morgan fingerprint density at radius 1 is 1.16 bits per heavy atom. The first kappa shape index (κ1) is 19.1. The van der Waals surface area contributed by atoms with Gasteiger partial charge in [-0.15, -0.1) is 0 Å². The molecule has 0 spiro atoms. The van der Waals surface area contributed by atoms with E-state index >= 15 is 0 Å². The molecular formula is C17H18ClNO5S. The summed E-state index contributed by atoms with van der Waals surface area (Å²) in [6.45, 7) is 3.68. The minimum Gasteiger partial charge on any atom is -0.489 e. The standard InChI is InChI=1S/C17H18ClNO5S/c1-11(2)24-16-7-5-4-6-15(16)19-25(21,22)12-8-9-14(18)13(10-12)17(20)23-3/h4-11,19H,1-3H3.